The Morgan fingerprint density at radius 3 is 2.67 bits per heavy atom. The number of hydrogen-bond acceptors (Lipinski definition) is 2. The van der Waals surface area contributed by atoms with Gasteiger partial charge in [0.1, 0.15) is 5.82 Å². The van der Waals surface area contributed by atoms with E-state index in [0.29, 0.717) is 17.5 Å². The van der Waals surface area contributed by atoms with Gasteiger partial charge in [0.05, 0.1) is 0 Å². The second-order valence-electron chi connectivity index (χ2n) is 5.68. The van der Waals surface area contributed by atoms with Gasteiger partial charge >= 0.3 is 5.97 Å². The summed E-state index contributed by atoms with van der Waals surface area (Å²) >= 11 is 0. The van der Waals surface area contributed by atoms with Crippen LogP contribution in [0.4, 0.5) is 10.1 Å². The van der Waals surface area contributed by atoms with Crippen molar-refractivity contribution < 1.29 is 19.1 Å². The van der Waals surface area contributed by atoms with E-state index in [4.69, 9.17) is 5.11 Å². The van der Waals surface area contributed by atoms with E-state index < -0.39 is 11.8 Å². The van der Waals surface area contributed by atoms with Gasteiger partial charge in [-0.15, -0.1) is 0 Å². The number of amides is 1. The van der Waals surface area contributed by atoms with Gasteiger partial charge in [-0.3, -0.25) is 4.79 Å². The minimum absolute atomic E-state index is 0.00975. The molecule has 2 atom stereocenters. The van der Waals surface area contributed by atoms with Crippen LogP contribution in [0.3, 0.4) is 0 Å². The van der Waals surface area contributed by atoms with Gasteiger partial charge in [-0.1, -0.05) is 6.42 Å². The fourth-order valence-corrected chi connectivity index (χ4v) is 3.35. The number of carbonyl (C=O) groups excluding carboxylic acids is 1. The summed E-state index contributed by atoms with van der Waals surface area (Å²) in [6.45, 7) is 0. The Morgan fingerprint density at radius 1 is 1.29 bits per heavy atom. The van der Waals surface area contributed by atoms with Crippen LogP contribution >= 0.6 is 0 Å². The molecule has 2 unspecified atom stereocenters. The predicted octanol–water partition coefficient (Wildman–Crippen LogP) is 2.91. The second-order valence-corrected chi connectivity index (χ2v) is 5.68. The Hall–Kier alpha value is -2.17. The summed E-state index contributed by atoms with van der Waals surface area (Å²) in [5.41, 5.74) is 0.641. The molecule has 1 amide bonds. The Bertz CT molecular complexity index is 616. The second kappa shape index (κ2) is 5.31. The van der Waals surface area contributed by atoms with Gasteiger partial charge < -0.3 is 10.4 Å². The molecule has 2 fully saturated rings. The van der Waals surface area contributed by atoms with Crippen molar-refractivity contribution in [3.63, 3.8) is 0 Å². The van der Waals surface area contributed by atoms with E-state index in [9.17, 15) is 14.0 Å². The molecule has 1 aromatic rings. The lowest BCUT2D eigenvalue weighted by Gasteiger charge is -2.08. The zero-order valence-electron chi connectivity index (χ0n) is 11.4. The number of halogens is 1. The Morgan fingerprint density at radius 2 is 2.00 bits per heavy atom. The quantitative estimate of drug-likeness (QED) is 0.838. The molecule has 0 radical (unpaired) electrons. The molecule has 0 saturated heterocycles. The molecule has 5 heteroatoms. The molecular formula is C16H16FNO3. The van der Waals surface area contributed by atoms with Crippen molar-refractivity contribution in [1.82, 2.24) is 0 Å². The SMILES string of the molecule is O=C(O)/C=C/c1cc(NC(=O)C2C3CCCC32)ccc1F. The molecule has 110 valence electrons. The fourth-order valence-electron chi connectivity index (χ4n) is 3.35. The van der Waals surface area contributed by atoms with Crippen LogP contribution in [-0.4, -0.2) is 17.0 Å². The van der Waals surface area contributed by atoms with Crippen LogP contribution in [-0.2, 0) is 9.59 Å². The van der Waals surface area contributed by atoms with Gasteiger partial charge in [0, 0.05) is 23.2 Å². The van der Waals surface area contributed by atoms with Gasteiger partial charge in [0.25, 0.3) is 0 Å². The lowest BCUT2D eigenvalue weighted by molar-refractivity contribution is -0.131. The topological polar surface area (TPSA) is 66.4 Å². The number of nitrogens with one attached hydrogen (secondary N) is 1. The molecule has 0 aliphatic heterocycles. The molecule has 0 spiro atoms. The third-order valence-electron chi connectivity index (χ3n) is 4.38. The molecule has 0 aromatic heterocycles. The summed E-state index contributed by atoms with van der Waals surface area (Å²) in [5, 5.41) is 11.4. The highest BCUT2D eigenvalue weighted by atomic mass is 19.1. The van der Waals surface area contributed by atoms with Crippen molar-refractivity contribution in [3.8, 4) is 0 Å². The number of aliphatic carboxylic acids is 1. The lowest BCUT2D eigenvalue weighted by atomic mass is 10.1. The lowest BCUT2D eigenvalue weighted by Crippen LogP contribution is -2.16. The van der Waals surface area contributed by atoms with Crippen molar-refractivity contribution in [1.29, 1.82) is 0 Å². The number of hydrogen-bond donors (Lipinski definition) is 2. The van der Waals surface area contributed by atoms with Gasteiger partial charge in [-0.2, -0.15) is 0 Å². The number of rotatable bonds is 4. The first-order chi connectivity index (χ1) is 10.1. The maximum Gasteiger partial charge on any atom is 0.328 e. The minimum Gasteiger partial charge on any atom is -0.478 e. The smallest absolute Gasteiger partial charge is 0.328 e. The summed E-state index contributed by atoms with van der Waals surface area (Å²) in [6.07, 6.45) is 5.51. The number of benzene rings is 1. The van der Waals surface area contributed by atoms with Gasteiger partial charge in [-0.05, 0) is 49.0 Å². The summed E-state index contributed by atoms with van der Waals surface area (Å²) in [7, 11) is 0. The van der Waals surface area contributed by atoms with Gasteiger partial charge in [-0.25, -0.2) is 9.18 Å². The van der Waals surface area contributed by atoms with E-state index in [1.807, 2.05) is 0 Å². The molecule has 21 heavy (non-hydrogen) atoms. The molecule has 0 bridgehead atoms. The van der Waals surface area contributed by atoms with Crippen molar-refractivity contribution in [2.24, 2.45) is 17.8 Å². The molecule has 0 heterocycles. The molecular weight excluding hydrogens is 273 g/mol. The average molecular weight is 289 g/mol. The van der Waals surface area contributed by atoms with Crippen LogP contribution in [0.2, 0.25) is 0 Å². The van der Waals surface area contributed by atoms with Crippen LogP contribution in [0.1, 0.15) is 24.8 Å². The molecule has 2 aliphatic rings. The van der Waals surface area contributed by atoms with Crippen LogP contribution in [0.25, 0.3) is 6.08 Å². The summed E-state index contributed by atoms with van der Waals surface area (Å²) < 4.78 is 13.6. The number of anilines is 1. The highest BCUT2D eigenvalue weighted by Crippen LogP contribution is 2.57. The highest BCUT2D eigenvalue weighted by Gasteiger charge is 2.56. The zero-order valence-corrected chi connectivity index (χ0v) is 11.4. The monoisotopic (exact) mass is 289 g/mol. The van der Waals surface area contributed by atoms with Crippen LogP contribution < -0.4 is 5.32 Å². The molecule has 4 nitrogen and oxygen atoms in total. The number of carboxylic acids is 1. The molecule has 2 aliphatic carbocycles. The summed E-state index contributed by atoms with van der Waals surface area (Å²) in [5.74, 6) is -0.525. The Kier molecular flexibility index (Phi) is 3.49. The van der Waals surface area contributed by atoms with Crippen molar-refractivity contribution in [2.75, 3.05) is 5.32 Å². The van der Waals surface area contributed by atoms with Crippen LogP contribution in [0, 0.1) is 23.6 Å². The number of fused-ring (bicyclic) bond motifs is 1. The number of carboxylic acid groups (broad SMARTS) is 1. The molecule has 2 saturated carbocycles. The minimum atomic E-state index is -1.14. The molecule has 3 rings (SSSR count). The number of carbonyl (C=O) groups is 2. The van der Waals surface area contributed by atoms with E-state index in [-0.39, 0.29) is 17.4 Å². The van der Waals surface area contributed by atoms with Crippen molar-refractivity contribution in [2.45, 2.75) is 19.3 Å². The Balaban J connectivity index is 1.69. The third-order valence-corrected chi connectivity index (χ3v) is 4.38. The van der Waals surface area contributed by atoms with Crippen molar-refractivity contribution in [3.05, 3.63) is 35.7 Å². The largest absolute Gasteiger partial charge is 0.478 e. The van der Waals surface area contributed by atoms with Crippen molar-refractivity contribution >= 4 is 23.6 Å². The first-order valence-electron chi connectivity index (χ1n) is 7.07. The van der Waals surface area contributed by atoms with E-state index in [2.05, 4.69) is 5.32 Å². The summed E-state index contributed by atoms with van der Waals surface area (Å²) in [4.78, 5) is 22.6. The third kappa shape index (κ3) is 2.82. The van der Waals surface area contributed by atoms with E-state index in [0.717, 1.165) is 18.9 Å². The van der Waals surface area contributed by atoms with Crippen LogP contribution in [0.15, 0.2) is 24.3 Å². The van der Waals surface area contributed by atoms with E-state index in [1.54, 1.807) is 0 Å². The fraction of sp³-hybridized carbons (Fsp3) is 0.375. The average Bonchev–Trinajstić information content (AvgIpc) is 2.93. The molecule has 2 N–H and O–H groups in total. The predicted molar refractivity (Wildman–Crippen MR) is 76.0 cm³/mol. The first kappa shape index (κ1) is 13.8. The first-order valence-corrected chi connectivity index (χ1v) is 7.07. The maximum atomic E-state index is 13.6. The zero-order chi connectivity index (χ0) is 15.0. The Labute approximate surface area is 121 Å². The van der Waals surface area contributed by atoms with Gasteiger partial charge in [0.2, 0.25) is 5.91 Å². The maximum absolute atomic E-state index is 13.6. The van der Waals surface area contributed by atoms with Gasteiger partial charge in [0.15, 0.2) is 0 Å². The molecule has 1 aromatic carbocycles. The summed E-state index contributed by atoms with van der Waals surface area (Å²) in [6, 6.07) is 4.17. The van der Waals surface area contributed by atoms with E-state index in [1.165, 1.54) is 30.7 Å². The standard InChI is InChI=1S/C16H16FNO3/c17-13-6-5-10(8-9(13)4-7-14(19)20)18-16(21)15-11-2-1-3-12(11)15/h4-8,11-12,15H,1-3H2,(H,18,21)(H,19,20)/b7-4+. The van der Waals surface area contributed by atoms with Crippen LogP contribution in [0.5, 0.6) is 0 Å². The normalized spacial score (nSPS) is 26.6. The van der Waals surface area contributed by atoms with E-state index >= 15 is 0 Å². The highest BCUT2D eigenvalue weighted by molar-refractivity contribution is 5.95.